The Morgan fingerprint density at radius 3 is 2.56 bits per heavy atom. The Kier molecular flexibility index (Phi) is 4.47. The number of rotatable bonds is 5. The van der Waals surface area contributed by atoms with Gasteiger partial charge in [-0.3, -0.25) is 9.59 Å². The first kappa shape index (κ1) is 17.7. The van der Waals surface area contributed by atoms with Crippen molar-refractivity contribution in [2.45, 2.75) is 44.9 Å². The van der Waals surface area contributed by atoms with Gasteiger partial charge >= 0.3 is 0 Å². The summed E-state index contributed by atoms with van der Waals surface area (Å²) in [6.07, 6.45) is 6.07. The maximum Gasteiger partial charge on any atom is 0.235 e. The van der Waals surface area contributed by atoms with Gasteiger partial charge in [0.15, 0.2) is 0 Å². The van der Waals surface area contributed by atoms with Gasteiger partial charge in [-0.15, -0.1) is 0 Å². The summed E-state index contributed by atoms with van der Waals surface area (Å²) in [5, 5.41) is 3.09. The van der Waals surface area contributed by atoms with E-state index in [0.717, 1.165) is 30.5 Å². The summed E-state index contributed by atoms with van der Waals surface area (Å²) in [5.41, 5.74) is 4.98. The summed E-state index contributed by atoms with van der Waals surface area (Å²) in [6, 6.07) is 15.8. The fourth-order valence-corrected chi connectivity index (χ4v) is 4.33. The molecular formula is C24H25NO2. The lowest BCUT2D eigenvalue weighted by Crippen LogP contribution is -2.31. The number of ketones is 1. The van der Waals surface area contributed by atoms with Gasteiger partial charge in [-0.2, -0.15) is 0 Å². The van der Waals surface area contributed by atoms with Gasteiger partial charge in [0.25, 0.3) is 0 Å². The highest BCUT2D eigenvalue weighted by molar-refractivity contribution is 6.07. The highest BCUT2D eigenvalue weighted by Crippen LogP contribution is 2.55. The van der Waals surface area contributed by atoms with Crippen molar-refractivity contribution in [2.75, 3.05) is 5.32 Å². The van der Waals surface area contributed by atoms with Crippen molar-refractivity contribution in [1.82, 2.24) is 0 Å². The van der Waals surface area contributed by atoms with E-state index in [1.807, 2.05) is 36.4 Å². The summed E-state index contributed by atoms with van der Waals surface area (Å²) in [4.78, 5) is 25.2. The first-order valence-electron chi connectivity index (χ1n) is 9.74. The van der Waals surface area contributed by atoms with E-state index >= 15 is 0 Å². The van der Waals surface area contributed by atoms with E-state index in [2.05, 4.69) is 30.4 Å². The molecule has 0 bridgehead atoms. The number of hydrogen-bond donors (Lipinski definition) is 1. The predicted octanol–water partition coefficient (Wildman–Crippen LogP) is 4.91. The zero-order valence-corrected chi connectivity index (χ0v) is 15.9. The number of anilines is 1. The van der Waals surface area contributed by atoms with Gasteiger partial charge in [0.05, 0.1) is 5.41 Å². The van der Waals surface area contributed by atoms with E-state index < -0.39 is 5.41 Å². The lowest BCUT2D eigenvalue weighted by atomic mass is 9.89. The maximum atomic E-state index is 13.2. The van der Waals surface area contributed by atoms with Crippen LogP contribution in [0.25, 0.3) is 6.08 Å². The van der Waals surface area contributed by atoms with Gasteiger partial charge in [-0.25, -0.2) is 0 Å². The van der Waals surface area contributed by atoms with Crippen molar-refractivity contribution >= 4 is 23.5 Å². The van der Waals surface area contributed by atoms with E-state index in [4.69, 9.17) is 0 Å². The number of Topliss-reactive ketones (excluding diaryl/α,β-unsaturated/α-hetero) is 1. The lowest BCUT2D eigenvalue weighted by molar-refractivity contribution is -0.123. The summed E-state index contributed by atoms with van der Waals surface area (Å²) in [6.45, 7) is 3.76. The Balaban J connectivity index is 1.62. The number of benzene rings is 2. The third-order valence-corrected chi connectivity index (χ3v) is 6.08. The average Bonchev–Trinajstić information content (AvgIpc) is 3.45. The molecule has 2 aliphatic rings. The number of carbonyl (C=O) groups excluding carboxylic acids is 2. The van der Waals surface area contributed by atoms with Crippen molar-refractivity contribution in [3.8, 4) is 0 Å². The van der Waals surface area contributed by atoms with Crippen LogP contribution in [0.3, 0.4) is 0 Å². The van der Waals surface area contributed by atoms with E-state index in [-0.39, 0.29) is 17.6 Å². The number of carbonyl (C=O) groups is 2. The minimum absolute atomic E-state index is 0.0787. The van der Waals surface area contributed by atoms with Crippen LogP contribution in [0.5, 0.6) is 0 Å². The molecular weight excluding hydrogens is 334 g/mol. The van der Waals surface area contributed by atoms with Crippen molar-refractivity contribution < 1.29 is 9.59 Å². The van der Waals surface area contributed by atoms with Gasteiger partial charge in [-0.1, -0.05) is 55.0 Å². The molecule has 2 aromatic carbocycles. The van der Waals surface area contributed by atoms with Crippen molar-refractivity contribution in [2.24, 2.45) is 5.92 Å². The lowest BCUT2D eigenvalue weighted by Gasteiger charge is -2.20. The molecule has 138 valence electrons. The molecule has 0 spiro atoms. The Labute approximate surface area is 160 Å². The predicted molar refractivity (Wildman–Crippen MR) is 109 cm³/mol. The molecule has 27 heavy (non-hydrogen) atoms. The average molecular weight is 359 g/mol. The molecule has 2 atom stereocenters. The summed E-state index contributed by atoms with van der Waals surface area (Å²) in [7, 11) is 0. The van der Waals surface area contributed by atoms with Crippen molar-refractivity contribution in [3.05, 3.63) is 70.8 Å². The third-order valence-electron chi connectivity index (χ3n) is 6.08. The van der Waals surface area contributed by atoms with Crippen molar-refractivity contribution in [1.29, 1.82) is 0 Å². The number of nitrogens with one attached hydrogen (secondary N) is 1. The Hall–Kier alpha value is -2.68. The second-order valence-electron chi connectivity index (χ2n) is 7.73. The number of amides is 1. The number of allylic oxidation sites excluding steroid dienone is 1. The van der Waals surface area contributed by atoms with Gasteiger partial charge < -0.3 is 5.32 Å². The van der Waals surface area contributed by atoms with Gasteiger partial charge in [0, 0.05) is 11.6 Å². The monoisotopic (exact) mass is 359 g/mol. The molecule has 0 heterocycles. The molecule has 1 N–H and O–H groups in total. The van der Waals surface area contributed by atoms with Gasteiger partial charge in [-0.05, 0) is 61.4 Å². The van der Waals surface area contributed by atoms with E-state index in [9.17, 15) is 9.59 Å². The fourth-order valence-electron chi connectivity index (χ4n) is 4.33. The molecule has 3 nitrogen and oxygen atoms in total. The topological polar surface area (TPSA) is 46.2 Å². The second-order valence-corrected chi connectivity index (χ2v) is 7.73. The van der Waals surface area contributed by atoms with Crippen LogP contribution in [0.4, 0.5) is 5.69 Å². The standard InChI is InChI=1S/C24H25NO2/c1-3-17-9-10-18-11-12-21(14-19(18)13-17)25-23(27)24(15-22(24)16(2)26)20-7-5-4-6-8-20/h4-8,11-14,22H,3,9-10,15H2,1-2H3,(H,25,27). The minimum Gasteiger partial charge on any atom is -0.325 e. The zero-order valence-electron chi connectivity index (χ0n) is 15.9. The minimum atomic E-state index is -0.729. The molecule has 3 heteroatoms. The molecule has 0 aromatic heterocycles. The number of aryl methyl sites for hydroxylation is 1. The number of fused-ring (bicyclic) bond motifs is 1. The summed E-state index contributed by atoms with van der Waals surface area (Å²) < 4.78 is 0. The molecule has 2 aliphatic carbocycles. The Bertz CT molecular complexity index is 929. The maximum absolute atomic E-state index is 13.2. The van der Waals surface area contributed by atoms with Crippen molar-refractivity contribution in [3.63, 3.8) is 0 Å². The quantitative estimate of drug-likeness (QED) is 0.824. The highest BCUT2D eigenvalue weighted by Gasteiger charge is 2.63. The third kappa shape index (κ3) is 3.12. The van der Waals surface area contributed by atoms with Gasteiger partial charge in [0.1, 0.15) is 5.78 Å². The van der Waals surface area contributed by atoms with Crippen LogP contribution in [0, 0.1) is 5.92 Å². The second kappa shape index (κ2) is 6.80. The van der Waals surface area contributed by atoms with Crippen LogP contribution >= 0.6 is 0 Å². The van der Waals surface area contributed by atoms with E-state index in [1.165, 1.54) is 16.7 Å². The van der Waals surface area contributed by atoms with Crippen LogP contribution in [-0.4, -0.2) is 11.7 Å². The highest BCUT2D eigenvalue weighted by atomic mass is 16.2. The molecule has 1 amide bonds. The van der Waals surface area contributed by atoms with E-state index in [0.29, 0.717) is 6.42 Å². The molecule has 2 unspecified atom stereocenters. The molecule has 0 radical (unpaired) electrons. The van der Waals surface area contributed by atoms with Crippen LogP contribution < -0.4 is 5.32 Å². The van der Waals surface area contributed by atoms with Crippen LogP contribution in [0.2, 0.25) is 0 Å². The normalized spacial score (nSPS) is 23.2. The van der Waals surface area contributed by atoms with Crippen LogP contribution in [0.1, 0.15) is 49.8 Å². The number of hydrogen-bond acceptors (Lipinski definition) is 2. The van der Waals surface area contributed by atoms with Crippen LogP contribution in [-0.2, 0) is 21.4 Å². The first-order chi connectivity index (χ1) is 13.0. The largest absolute Gasteiger partial charge is 0.325 e. The first-order valence-corrected chi connectivity index (χ1v) is 9.74. The Morgan fingerprint density at radius 2 is 1.89 bits per heavy atom. The molecule has 1 fully saturated rings. The molecule has 0 saturated heterocycles. The van der Waals surface area contributed by atoms with E-state index in [1.54, 1.807) is 6.92 Å². The SMILES string of the molecule is CCC1=Cc2cc(NC(=O)C3(c4ccccc4)CC3C(C)=O)ccc2CC1. The molecule has 0 aliphatic heterocycles. The van der Waals surface area contributed by atoms with Crippen LogP contribution in [0.15, 0.2) is 54.1 Å². The summed E-state index contributed by atoms with van der Waals surface area (Å²) in [5.74, 6) is -0.233. The summed E-state index contributed by atoms with van der Waals surface area (Å²) >= 11 is 0. The molecule has 4 rings (SSSR count). The molecule has 1 saturated carbocycles. The fraction of sp³-hybridized carbons (Fsp3) is 0.333. The Morgan fingerprint density at radius 1 is 1.11 bits per heavy atom. The van der Waals surface area contributed by atoms with Gasteiger partial charge in [0.2, 0.25) is 5.91 Å². The molecule has 2 aromatic rings. The zero-order chi connectivity index (χ0) is 19.0. The smallest absolute Gasteiger partial charge is 0.235 e.